The zero-order valence-electron chi connectivity index (χ0n) is 28.8. The molecule has 8 bridgehead atoms. The molecule has 54 heavy (non-hydrogen) atoms. The molecule has 0 atom stereocenters. The lowest BCUT2D eigenvalue weighted by atomic mass is 9.96. The van der Waals surface area contributed by atoms with Crippen LogP contribution in [0.4, 0.5) is 22.0 Å². The predicted molar refractivity (Wildman–Crippen MR) is 204 cm³/mol. The molecule has 1 aliphatic carbocycles. The molecule has 2 aliphatic heterocycles. The summed E-state index contributed by atoms with van der Waals surface area (Å²) in [6.07, 6.45) is 15.0. The molecular formula is C45H28F5N4. The van der Waals surface area contributed by atoms with Crippen LogP contribution in [-0.2, 0) is 0 Å². The minimum atomic E-state index is -2.24. The van der Waals surface area contributed by atoms with E-state index in [2.05, 4.69) is 9.97 Å². The van der Waals surface area contributed by atoms with Crippen molar-refractivity contribution in [1.82, 2.24) is 19.9 Å². The van der Waals surface area contributed by atoms with Gasteiger partial charge in [-0.15, -0.1) is 0 Å². The van der Waals surface area contributed by atoms with Crippen LogP contribution < -0.4 is 0 Å². The number of hydrogen-bond donors (Lipinski definition) is 2. The molecule has 0 spiro atoms. The van der Waals surface area contributed by atoms with E-state index in [-0.39, 0.29) is 16.8 Å². The van der Waals surface area contributed by atoms with Crippen molar-refractivity contribution in [2.24, 2.45) is 0 Å². The van der Waals surface area contributed by atoms with Gasteiger partial charge >= 0.3 is 0 Å². The van der Waals surface area contributed by atoms with Gasteiger partial charge in [-0.2, -0.15) is 0 Å². The second-order valence-corrected chi connectivity index (χ2v) is 13.4. The normalized spacial score (nSPS) is 14.1. The highest BCUT2D eigenvalue weighted by Crippen LogP contribution is 2.41. The first-order chi connectivity index (χ1) is 26.2. The second-order valence-electron chi connectivity index (χ2n) is 13.4. The summed E-state index contributed by atoms with van der Waals surface area (Å²) >= 11 is 0. The lowest BCUT2D eigenvalue weighted by Crippen LogP contribution is -2.05. The third-order valence-electron chi connectivity index (χ3n) is 9.85. The number of aromatic amines is 2. The Hall–Kier alpha value is -6.09. The van der Waals surface area contributed by atoms with Gasteiger partial charge in [0.1, 0.15) is 0 Å². The van der Waals surface area contributed by atoms with E-state index in [9.17, 15) is 13.2 Å². The monoisotopic (exact) mass is 719 g/mol. The van der Waals surface area contributed by atoms with Crippen molar-refractivity contribution in [2.75, 3.05) is 0 Å². The first-order valence-corrected chi connectivity index (χ1v) is 17.2. The van der Waals surface area contributed by atoms with Crippen molar-refractivity contribution >= 4 is 46.4 Å². The van der Waals surface area contributed by atoms with E-state index in [1.165, 1.54) is 6.08 Å². The molecule has 5 radical (unpaired) electrons. The molecular weight excluding hydrogens is 692 g/mol. The topological polar surface area (TPSA) is 57.4 Å². The van der Waals surface area contributed by atoms with Crippen LogP contribution in [0.2, 0.25) is 0 Å². The van der Waals surface area contributed by atoms with Crippen LogP contribution >= 0.6 is 0 Å². The second kappa shape index (κ2) is 13.1. The van der Waals surface area contributed by atoms with Crippen molar-refractivity contribution in [1.29, 1.82) is 0 Å². The average molecular weight is 720 g/mol. The number of nitrogens with one attached hydrogen (secondary N) is 2. The van der Waals surface area contributed by atoms with Gasteiger partial charge in [-0.25, -0.2) is 31.9 Å². The van der Waals surface area contributed by atoms with E-state index in [1.54, 1.807) is 18.2 Å². The highest BCUT2D eigenvalue weighted by molar-refractivity contribution is 5.98. The lowest BCUT2D eigenvalue weighted by Gasteiger charge is -2.11. The lowest BCUT2D eigenvalue weighted by molar-refractivity contribution is 0.381. The van der Waals surface area contributed by atoms with Gasteiger partial charge in [-0.05, 0) is 99.2 Å². The van der Waals surface area contributed by atoms with Gasteiger partial charge < -0.3 is 9.97 Å². The average Bonchev–Trinajstić information content (AvgIpc) is 4.03. The molecule has 4 nitrogen and oxygen atoms in total. The van der Waals surface area contributed by atoms with Crippen LogP contribution in [0.25, 0.3) is 79.8 Å². The van der Waals surface area contributed by atoms with Crippen LogP contribution in [-0.4, -0.2) is 19.9 Å². The quantitative estimate of drug-likeness (QED) is 0.108. The molecule has 0 amide bonds. The molecule has 9 rings (SSSR count). The van der Waals surface area contributed by atoms with Gasteiger partial charge in [0.25, 0.3) is 0 Å². The number of benzene rings is 3. The SMILES string of the molecule is Cc1ccc(-c2c3nc(c(-c4c(F)c(F)c(F)c(F)c4F)c4ccc([nH]4)c(-c4ccc(C)cc4)c4nc(c([C]5[CH][CH][CH][CH]5)c5ccc2[nH]5)C=C4)C=C3)cc1. The summed E-state index contributed by atoms with van der Waals surface area (Å²) in [6.45, 7) is 3.94. The molecule has 9 heteroatoms. The molecule has 263 valence electrons. The Labute approximate surface area is 307 Å². The van der Waals surface area contributed by atoms with E-state index in [0.29, 0.717) is 39.2 Å². The molecule has 3 aliphatic rings. The smallest absolute Gasteiger partial charge is 0.200 e. The summed E-state index contributed by atoms with van der Waals surface area (Å²) in [5, 5.41) is 0. The Balaban J connectivity index is 1.48. The van der Waals surface area contributed by atoms with Gasteiger partial charge in [-0.3, -0.25) is 0 Å². The van der Waals surface area contributed by atoms with Crippen molar-refractivity contribution in [3.8, 4) is 33.4 Å². The molecule has 3 aromatic heterocycles. The van der Waals surface area contributed by atoms with Crippen molar-refractivity contribution in [3.05, 3.63) is 173 Å². The Morgan fingerprint density at radius 1 is 0.389 bits per heavy atom. The van der Waals surface area contributed by atoms with Gasteiger partial charge in [0, 0.05) is 50.2 Å². The van der Waals surface area contributed by atoms with E-state index in [0.717, 1.165) is 39.3 Å². The maximum atomic E-state index is 15.8. The van der Waals surface area contributed by atoms with Gasteiger partial charge in [0.15, 0.2) is 23.3 Å². The van der Waals surface area contributed by atoms with Gasteiger partial charge in [0.2, 0.25) is 5.82 Å². The molecule has 2 N–H and O–H groups in total. The molecule has 1 fully saturated rings. The number of rotatable bonds is 4. The number of fused-ring (bicyclic) bond motifs is 8. The van der Waals surface area contributed by atoms with E-state index in [4.69, 9.17) is 9.97 Å². The highest BCUT2D eigenvalue weighted by atomic mass is 19.2. The van der Waals surface area contributed by atoms with Crippen LogP contribution in [0.3, 0.4) is 0 Å². The number of halogens is 5. The fourth-order valence-corrected chi connectivity index (χ4v) is 7.19. The zero-order valence-corrected chi connectivity index (χ0v) is 28.8. The van der Waals surface area contributed by atoms with E-state index >= 15 is 8.78 Å². The summed E-state index contributed by atoms with van der Waals surface area (Å²) in [4.78, 5) is 16.9. The Kier molecular flexibility index (Phi) is 8.18. The van der Waals surface area contributed by atoms with Crippen molar-refractivity contribution < 1.29 is 22.0 Å². The van der Waals surface area contributed by atoms with Crippen LogP contribution in [0.15, 0.2) is 72.8 Å². The third-order valence-corrected chi connectivity index (χ3v) is 9.85. The summed E-state index contributed by atoms with van der Waals surface area (Å²) in [5.41, 5.74) is 8.25. The Morgan fingerprint density at radius 2 is 0.741 bits per heavy atom. The fourth-order valence-electron chi connectivity index (χ4n) is 7.19. The standard InChI is InChI=1S/C45H28F5N4/c1-23-7-11-26(12-8-23)37-30-17-15-28(51-30)36(25-5-3-4-6-25)29-16-18-31(52-29)38(27-13-9-24(2)10-14-27)33-20-22-35(54-33)39(34-21-19-32(37)53-34)40-41(46)43(48)45(50)44(49)42(40)47/h3-22,51,54H,1-2H3. The molecule has 0 unspecified atom stereocenters. The molecule has 6 aromatic rings. The summed E-state index contributed by atoms with van der Waals surface area (Å²) < 4.78 is 75.8. The van der Waals surface area contributed by atoms with E-state index in [1.807, 2.05) is 112 Å². The Morgan fingerprint density at radius 3 is 1.19 bits per heavy atom. The maximum Gasteiger partial charge on any atom is 0.200 e. The summed E-state index contributed by atoms with van der Waals surface area (Å²) in [7, 11) is 0. The highest BCUT2D eigenvalue weighted by Gasteiger charge is 2.30. The van der Waals surface area contributed by atoms with Crippen molar-refractivity contribution in [3.63, 3.8) is 0 Å². The van der Waals surface area contributed by atoms with E-state index < -0.39 is 34.6 Å². The van der Waals surface area contributed by atoms with Gasteiger partial charge in [0.05, 0.1) is 28.3 Å². The number of nitrogens with zero attached hydrogens (tertiary/aromatic N) is 2. The third kappa shape index (κ3) is 5.57. The first kappa shape index (κ1) is 33.7. The molecule has 0 saturated heterocycles. The van der Waals surface area contributed by atoms with Crippen LogP contribution in [0.1, 0.15) is 39.5 Å². The molecule has 1 saturated carbocycles. The fraction of sp³-hybridized carbons (Fsp3) is 0.0444. The number of hydrogen-bond acceptors (Lipinski definition) is 2. The van der Waals surface area contributed by atoms with Crippen LogP contribution in [0.5, 0.6) is 0 Å². The maximum absolute atomic E-state index is 15.8. The number of aromatic nitrogens is 4. The largest absolute Gasteiger partial charge is 0.355 e. The first-order valence-electron chi connectivity index (χ1n) is 17.2. The number of aryl methyl sites for hydroxylation is 2. The molecule has 3 aromatic carbocycles. The summed E-state index contributed by atoms with van der Waals surface area (Å²) in [5.74, 6) is -9.31. The number of H-pyrrole nitrogens is 2. The zero-order chi connectivity index (χ0) is 37.2. The minimum Gasteiger partial charge on any atom is -0.355 e. The minimum absolute atomic E-state index is 0.000242. The molecule has 5 heterocycles. The van der Waals surface area contributed by atoms with Gasteiger partial charge in [-0.1, -0.05) is 59.7 Å². The summed E-state index contributed by atoms with van der Waals surface area (Å²) in [6, 6.07) is 22.8. The Bertz CT molecular complexity index is 2660. The van der Waals surface area contributed by atoms with Crippen molar-refractivity contribution in [2.45, 2.75) is 13.8 Å². The van der Waals surface area contributed by atoms with Crippen LogP contribution in [0, 0.1) is 74.5 Å². The predicted octanol–water partition coefficient (Wildman–Crippen LogP) is 11.7.